The van der Waals surface area contributed by atoms with Gasteiger partial charge in [0.2, 0.25) is 0 Å². The maximum atomic E-state index is 10.8. The van der Waals surface area contributed by atoms with Crippen LogP contribution in [-0.2, 0) is 18.4 Å². The third kappa shape index (κ3) is 3.26. The molecule has 1 aliphatic carbocycles. The Hall–Kier alpha value is -1.43. The Kier molecular flexibility index (Phi) is 3.42. The van der Waals surface area contributed by atoms with Crippen molar-refractivity contribution in [1.82, 2.24) is 19.7 Å². The topological polar surface area (TPSA) is 71.2 Å². The van der Waals surface area contributed by atoms with Gasteiger partial charge in [-0.15, -0.1) is 10.2 Å². The van der Waals surface area contributed by atoms with Crippen LogP contribution in [0.2, 0.25) is 0 Å². The van der Waals surface area contributed by atoms with Gasteiger partial charge in [-0.25, -0.2) is 0 Å². The first-order valence-corrected chi connectivity index (χ1v) is 5.85. The molecule has 1 heterocycles. The lowest BCUT2D eigenvalue weighted by Gasteiger charge is -2.19. The number of aliphatic carboxylic acids is 1. The fourth-order valence-electron chi connectivity index (χ4n) is 1.83. The van der Waals surface area contributed by atoms with Crippen LogP contribution in [-0.4, -0.2) is 43.8 Å². The lowest BCUT2D eigenvalue weighted by atomic mass is 10.3. The van der Waals surface area contributed by atoms with Crippen molar-refractivity contribution >= 4 is 5.97 Å². The molecule has 6 nitrogen and oxygen atoms in total. The fraction of sp³-hybridized carbons (Fsp3) is 0.727. The van der Waals surface area contributed by atoms with Crippen LogP contribution >= 0.6 is 0 Å². The summed E-state index contributed by atoms with van der Waals surface area (Å²) in [5.41, 5.74) is 0. The van der Waals surface area contributed by atoms with Crippen molar-refractivity contribution < 1.29 is 9.90 Å². The SMILES string of the molecule is Cc1nnc(CN(CC(=O)O)CC2CC2)n1C. The average molecular weight is 238 g/mol. The van der Waals surface area contributed by atoms with E-state index in [2.05, 4.69) is 10.2 Å². The van der Waals surface area contributed by atoms with Crippen LogP contribution in [0.1, 0.15) is 24.5 Å². The Morgan fingerprint density at radius 2 is 2.24 bits per heavy atom. The molecule has 1 fully saturated rings. The standard InChI is InChI=1S/C11H18N4O2/c1-8-12-13-10(14(8)2)6-15(7-11(16)17)5-9-3-4-9/h9H,3-7H2,1-2H3,(H,16,17). The van der Waals surface area contributed by atoms with Gasteiger partial charge in [0, 0.05) is 13.6 Å². The molecular formula is C11H18N4O2. The molecule has 0 spiro atoms. The van der Waals surface area contributed by atoms with E-state index >= 15 is 0 Å². The second-order valence-electron chi connectivity index (χ2n) is 4.73. The number of hydrogen-bond donors (Lipinski definition) is 1. The molecule has 1 aromatic heterocycles. The van der Waals surface area contributed by atoms with Gasteiger partial charge in [0.05, 0.1) is 13.1 Å². The van der Waals surface area contributed by atoms with Crippen molar-refractivity contribution in [2.45, 2.75) is 26.3 Å². The van der Waals surface area contributed by atoms with E-state index in [1.54, 1.807) is 0 Å². The first kappa shape index (κ1) is 12.0. The Labute approximate surface area is 100 Å². The van der Waals surface area contributed by atoms with Crippen molar-refractivity contribution in [3.63, 3.8) is 0 Å². The van der Waals surface area contributed by atoms with Crippen molar-refractivity contribution in [3.05, 3.63) is 11.6 Å². The molecule has 1 N–H and O–H groups in total. The minimum absolute atomic E-state index is 0.0718. The number of nitrogens with zero attached hydrogens (tertiary/aromatic N) is 4. The van der Waals surface area contributed by atoms with Crippen molar-refractivity contribution in [3.8, 4) is 0 Å². The van der Waals surface area contributed by atoms with Gasteiger partial charge < -0.3 is 9.67 Å². The number of aryl methyl sites for hydroxylation is 1. The molecule has 1 aliphatic rings. The molecule has 0 unspecified atom stereocenters. The van der Waals surface area contributed by atoms with Crippen molar-refractivity contribution in [2.24, 2.45) is 13.0 Å². The highest BCUT2D eigenvalue weighted by Gasteiger charge is 2.26. The predicted octanol–water partition coefficient (Wildman–Crippen LogP) is 0.420. The monoisotopic (exact) mass is 238 g/mol. The number of rotatable bonds is 6. The number of hydrogen-bond acceptors (Lipinski definition) is 4. The fourth-order valence-corrected chi connectivity index (χ4v) is 1.83. The van der Waals surface area contributed by atoms with E-state index in [4.69, 9.17) is 5.11 Å². The van der Waals surface area contributed by atoms with Gasteiger partial charge in [0.15, 0.2) is 0 Å². The highest BCUT2D eigenvalue weighted by molar-refractivity contribution is 5.69. The van der Waals surface area contributed by atoms with E-state index < -0.39 is 5.97 Å². The molecule has 1 aromatic rings. The zero-order chi connectivity index (χ0) is 12.4. The van der Waals surface area contributed by atoms with E-state index in [0.717, 1.165) is 18.2 Å². The van der Waals surface area contributed by atoms with E-state index in [1.165, 1.54) is 12.8 Å². The van der Waals surface area contributed by atoms with E-state index in [1.807, 2.05) is 23.4 Å². The Morgan fingerprint density at radius 1 is 1.53 bits per heavy atom. The largest absolute Gasteiger partial charge is 0.480 e. The van der Waals surface area contributed by atoms with Crippen LogP contribution in [0, 0.1) is 12.8 Å². The second-order valence-corrected chi connectivity index (χ2v) is 4.73. The van der Waals surface area contributed by atoms with Crippen LogP contribution < -0.4 is 0 Å². The normalized spacial score (nSPS) is 15.5. The Bertz CT molecular complexity index is 412. The summed E-state index contributed by atoms with van der Waals surface area (Å²) in [6.45, 7) is 3.36. The van der Waals surface area contributed by atoms with Crippen molar-refractivity contribution in [1.29, 1.82) is 0 Å². The third-order valence-electron chi connectivity index (χ3n) is 3.12. The van der Waals surface area contributed by atoms with E-state index in [0.29, 0.717) is 12.5 Å². The molecular weight excluding hydrogens is 220 g/mol. The summed E-state index contributed by atoms with van der Waals surface area (Å²) in [5, 5.41) is 16.9. The highest BCUT2D eigenvalue weighted by atomic mass is 16.4. The Morgan fingerprint density at radius 3 is 2.71 bits per heavy atom. The molecule has 0 bridgehead atoms. The summed E-state index contributed by atoms with van der Waals surface area (Å²) in [5.74, 6) is 1.55. The minimum atomic E-state index is -0.787. The van der Waals surface area contributed by atoms with Gasteiger partial charge in [-0.05, 0) is 25.7 Å². The van der Waals surface area contributed by atoms with Gasteiger partial charge in [-0.1, -0.05) is 0 Å². The molecule has 0 aromatic carbocycles. The van der Waals surface area contributed by atoms with Crippen molar-refractivity contribution in [2.75, 3.05) is 13.1 Å². The smallest absolute Gasteiger partial charge is 0.317 e. The first-order chi connectivity index (χ1) is 8.06. The summed E-state index contributed by atoms with van der Waals surface area (Å²) in [4.78, 5) is 12.7. The average Bonchev–Trinajstić information content (AvgIpc) is 3.00. The van der Waals surface area contributed by atoms with E-state index in [-0.39, 0.29) is 6.54 Å². The van der Waals surface area contributed by atoms with Gasteiger partial charge >= 0.3 is 5.97 Å². The molecule has 17 heavy (non-hydrogen) atoms. The lowest BCUT2D eigenvalue weighted by molar-refractivity contribution is -0.138. The first-order valence-electron chi connectivity index (χ1n) is 5.85. The highest BCUT2D eigenvalue weighted by Crippen LogP contribution is 2.29. The number of carboxylic acids is 1. The minimum Gasteiger partial charge on any atom is -0.480 e. The summed E-state index contributed by atoms with van der Waals surface area (Å²) in [7, 11) is 1.90. The number of carbonyl (C=O) groups is 1. The summed E-state index contributed by atoms with van der Waals surface area (Å²) >= 11 is 0. The molecule has 94 valence electrons. The number of aromatic nitrogens is 3. The van der Waals surface area contributed by atoms with Gasteiger partial charge in [0.25, 0.3) is 0 Å². The molecule has 6 heteroatoms. The molecule has 0 radical (unpaired) electrons. The maximum absolute atomic E-state index is 10.8. The van der Waals surface area contributed by atoms with Crippen LogP contribution in [0.4, 0.5) is 0 Å². The zero-order valence-corrected chi connectivity index (χ0v) is 10.3. The summed E-state index contributed by atoms with van der Waals surface area (Å²) in [6.07, 6.45) is 2.43. The predicted molar refractivity (Wildman–Crippen MR) is 61.4 cm³/mol. The summed E-state index contributed by atoms with van der Waals surface area (Å²) in [6, 6.07) is 0. The molecule has 1 saturated carbocycles. The molecule has 2 rings (SSSR count). The van der Waals surface area contributed by atoms with Crippen LogP contribution in [0.5, 0.6) is 0 Å². The van der Waals surface area contributed by atoms with Crippen LogP contribution in [0.25, 0.3) is 0 Å². The van der Waals surface area contributed by atoms with Gasteiger partial charge in [-0.2, -0.15) is 0 Å². The third-order valence-corrected chi connectivity index (χ3v) is 3.12. The summed E-state index contributed by atoms with van der Waals surface area (Å²) < 4.78 is 1.90. The second kappa shape index (κ2) is 4.83. The van der Waals surface area contributed by atoms with Crippen LogP contribution in [0.15, 0.2) is 0 Å². The quantitative estimate of drug-likeness (QED) is 0.777. The molecule has 0 atom stereocenters. The maximum Gasteiger partial charge on any atom is 0.317 e. The molecule has 0 amide bonds. The molecule has 0 saturated heterocycles. The Balaban J connectivity index is 1.99. The lowest BCUT2D eigenvalue weighted by Crippen LogP contribution is -2.32. The zero-order valence-electron chi connectivity index (χ0n) is 10.3. The van der Waals surface area contributed by atoms with Crippen LogP contribution in [0.3, 0.4) is 0 Å². The molecule has 0 aliphatic heterocycles. The van der Waals surface area contributed by atoms with Gasteiger partial charge in [-0.3, -0.25) is 9.69 Å². The van der Waals surface area contributed by atoms with Gasteiger partial charge in [0.1, 0.15) is 11.6 Å². The van der Waals surface area contributed by atoms with E-state index in [9.17, 15) is 4.79 Å². The number of carboxylic acid groups (broad SMARTS) is 1.